The van der Waals surface area contributed by atoms with E-state index in [9.17, 15) is 9.59 Å². The third kappa shape index (κ3) is 4.57. The van der Waals surface area contributed by atoms with Crippen molar-refractivity contribution in [1.82, 2.24) is 5.32 Å². The summed E-state index contributed by atoms with van der Waals surface area (Å²) in [4.78, 5) is 23.9. The molecule has 0 heterocycles. The first-order chi connectivity index (χ1) is 11.1. The number of benzene rings is 2. The standard InChI is InChI=1S/C18H20N2O3/c1-13(14-8-4-3-5-9-14)12-19-17(21)18(22)20-15-10-6-7-11-16(15)23-2/h3-11,13H,12H2,1-2H3,(H,19,21)(H,20,22)/t13-/m1/s1. The summed E-state index contributed by atoms with van der Waals surface area (Å²) in [5.74, 6) is -0.751. The van der Waals surface area contributed by atoms with Crippen molar-refractivity contribution in [1.29, 1.82) is 0 Å². The van der Waals surface area contributed by atoms with Crippen LogP contribution in [0.25, 0.3) is 0 Å². The number of carbonyl (C=O) groups is 2. The second-order valence-corrected chi connectivity index (χ2v) is 5.18. The molecule has 0 aromatic heterocycles. The maximum atomic E-state index is 12.0. The highest BCUT2D eigenvalue weighted by atomic mass is 16.5. The molecule has 2 aromatic carbocycles. The van der Waals surface area contributed by atoms with Crippen LogP contribution in [0.5, 0.6) is 5.75 Å². The van der Waals surface area contributed by atoms with Crippen LogP contribution >= 0.6 is 0 Å². The molecule has 0 saturated heterocycles. The Bertz CT molecular complexity index is 671. The van der Waals surface area contributed by atoms with Gasteiger partial charge < -0.3 is 15.4 Å². The van der Waals surface area contributed by atoms with Gasteiger partial charge in [0.15, 0.2) is 0 Å². The minimum Gasteiger partial charge on any atom is -0.495 e. The van der Waals surface area contributed by atoms with Crippen LogP contribution in [-0.4, -0.2) is 25.5 Å². The highest BCUT2D eigenvalue weighted by molar-refractivity contribution is 6.39. The fourth-order valence-electron chi connectivity index (χ4n) is 2.15. The van der Waals surface area contributed by atoms with E-state index >= 15 is 0 Å². The first-order valence-corrected chi connectivity index (χ1v) is 7.39. The van der Waals surface area contributed by atoms with Crippen molar-refractivity contribution in [2.75, 3.05) is 19.0 Å². The van der Waals surface area contributed by atoms with Crippen molar-refractivity contribution in [3.63, 3.8) is 0 Å². The lowest BCUT2D eigenvalue weighted by atomic mass is 10.0. The predicted molar refractivity (Wildman–Crippen MR) is 89.5 cm³/mol. The largest absolute Gasteiger partial charge is 0.495 e. The van der Waals surface area contributed by atoms with Gasteiger partial charge in [-0.15, -0.1) is 0 Å². The van der Waals surface area contributed by atoms with Gasteiger partial charge in [0.1, 0.15) is 5.75 Å². The smallest absolute Gasteiger partial charge is 0.313 e. The van der Waals surface area contributed by atoms with Gasteiger partial charge in [-0.3, -0.25) is 9.59 Å². The lowest BCUT2D eigenvalue weighted by Gasteiger charge is -2.13. The van der Waals surface area contributed by atoms with Crippen molar-refractivity contribution in [3.05, 3.63) is 60.2 Å². The topological polar surface area (TPSA) is 67.4 Å². The number of rotatable bonds is 5. The van der Waals surface area contributed by atoms with E-state index in [1.54, 1.807) is 24.3 Å². The van der Waals surface area contributed by atoms with Crippen LogP contribution in [0.1, 0.15) is 18.4 Å². The molecule has 0 spiro atoms. The summed E-state index contributed by atoms with van der Waals surface area (Å²) >= 11 is 0. The maximum absolute atomic E-state index is 12.0. The Balaban J connectivity index is 1.89. The molecule has 2 rings (SSSR count). The van der Waals surface area contributed by atoms with Crippen LogP contribution in [0.15, 0.2) is 54.6 Å². The van der Waals surface area contributed by atoms with Gasteiger partial charge in [-0.1, -0.05) is 49.4 Å². The molecule has 1 atom stereocenters. The average molecular weight is 312 g/mol. The van der Waals surface area contributed by atoms with E-state index in [4.69, 9.17) is 4.74 Å². The highest BCUT2D eigenvalue weighted by Crippen LogP contribution is 2.22. The minimum absolute atomic E-state index is 0.124. The fourth-order valence-corrected chi connectivity index (χ4v) is 2.15. The first kappa shape index (κ1) is 16.5. The highest BCUT2D eigenvalue weighted by Gasteiger charge is 2.16. The zero-order valence-corrected chi connectivity index (χ0v) is 13.2. The maximum Gasteiger partial charge on any atom is 0.313 e. The van der Waals surface area contributed by atoms with Crippen molar-refractivity contribution in [2.45, 2.75) is 12.8 Å². The molecule has 0 bridgehead atoms. The Kier molecular flexibility index (Phi) is 5.74. The van der Waals surface area contributed by atoms with Crippen molar-refractivity contribution in [3.8, 4) is 5.75 Å². The molecule has 0 saturated carbocycles. The Morgan fingerprint density at radius 1 is 1.00 bits per heavy atom. The molecule has 5 nitrogen and oxygen atoms in total. The summed E-state index contributed by atoms with van der Waals surface area (Å²) in [5, 5.41) is 5.20. The van der Waals surface area contributed by atoms with E-state index in [0.29, 0.717) is 18.0 Å². The summed E-state index contributed by atoms with van der Waals surface area (Å²) in [6.07, 6.45) is 0. The van der Waals surface area contributed by atoms with Crippen molar-refractivity contribution in [2.24, 2.45) is 0 Å². The molecule has 0 aliphatic rings. The molecule has 0 radical (unpaired) electrons. The van der Waals surface area contributed by atoms with Gasteiger partial charge in [0.2, 0.25) is 0 Å². The van der Waals surface area contributed by atoms with Crippen LogP contribution in [0, 0.1) is 0 Å². The quantitative estimate of drug-likeness (QED) is 0.834. The fraction of sp³-hybridized carbons (Fsp3) is 0.222. The number of nitrogens with one attached hydrogen (secondary N) is 2. The molecule has 2 amide bonds. The molecular weight excluding hydrogens is 292 g/mol. The van der Waals surface area contributed by atoms with Crippen LogP contribution < -0.4 is 15.4 Å². The molecule has 120 valence electrons. The van der Waals surface area contributed by atoms with Crippen LogP contribution in [0.2, 0.25) is 0 Å². The van der Waals surface area contributed by atoms with E-state index in [2.05, 4.69) is 10.6 Å². The van der Waals surface area contributed by atoms with Crippen LogP contribution in [-0.2, 0) is 9.59 Å². The van der Waals surface area contributed by atoms with Crippen LogP contribution in [0.3, 0.4) is 0 Å². The molecule has 0 aliphatic heterocycles. The number of hydrogen-bond acceptors (Lipinski definition) is 3. The third-order valence-corrected chi connectivity index (χ3v) is 3.50. The summed E-state index contributed by atoms with van der Waals surface area (Å²) in [6.45, 7) is 2.38. The van der Waals surface area contributed by atoms with Gasteiger partial charge in [0.05, 0.1) is 12.8 Å². The second-order valence-electron chi connectivity index (χ2n) is 5.18. The van der Waals surface area contributed by atoms with Gasteiger partial charge in [0.25, 0.3) is 0 Å². The number of para-hydroxylation sites is 2. The Hall–Kier alpha value is -2.82. The SMILES string of the molecule is COc1ccccc1NC(=O)C(=O)NC[C@@H](C)c1ccccc1. The number of ether oxygens (including phenoxy) is 1. The summed E-state index contributed by atoms with van der Waals surface area (Å²) in [7, 11) is 1.51. The molecule has 5 heteroatoms. The first-order valence-electron chi connectivity index (χ1n) is 7.39. The normalized spacial score (nSPS) is 11.4. The number of hydrogen-bond donors (Lipinski definition) is 2. The Morgan fingerprint density at radius 2 is 1.65 bits per heavy atom. The van der Waals surface area contributed by atoms with Gasteiger partial charge >= 0.3 is 11.8 Å². The lowest BCUT2D eigenvalue weighted by molar-refractivity contribution is -0.136. The van der Waals surface area contributed by atoms with E-state index in [1.165, 1.54) is 7.11 Å². The molecule has 0 fully saturated rings. The lowest BCUT2D eigenvalue weighted by Crippen LogP contribution is -2.37. The molecule has 2 N–H and O–H groups in total. The number of carbonyl (C=O) groups excluding carboxylic acids is 2. The Morgan fingerprint density at radius 3 is 2.35 bits per heavy atom. The van der Waals surface area contributed by atoms with E-state index in [0.717, 1.165) is 5.56 Å². The predicted octanol–water partition coefficient (Wildman–Crippen LogP) is 2.55. The van der Waals surface area contributed by atoms with Gasteiger partial charge in [-0.25, -0.2) is 0 Å². The summed E-state index contributed by atoms with van der Waals surface area (Å²) in [6, 6.07) is 16.8. The average Bonchev–Trinajstić information content (AvgIpc) is 2.60. The molecule has 2 aromatic rings. The zero-order valence-electron chi connectivity index (χ0n) is 13.2. The van der Waals surface area contributed by atoms with E-state index in [1.807, 2.05) is 37.3 Å². The summed E-state index contributed by atoms with van der Waals surface area (Å²) < 4.78 is 5.14. The minimum atomic E-state index is -0.713. The second kappa shape index (κ2) is 7.98. The summed E-state index contributed by atoms with van der Waals surface area (Å²) in [5.41, 5.74) is 1.57. The molecular formula is C18H20N2O3. The third-order valence-electron chi connectivity index (χ3n) is 3.50. The monoisotopic (exact) mass is 312 g/mol. The number of anilines is 1. The van der Waals surface area contributed by atoms with Gasteiger partial charge in [-0.2, -0.15) is 0 Å². The van der Waals surface area contributed by atoms with Crippen molar-refractivity contribution < 1.29 is 14.3 Å². The zero-order chi connectivity index (χ0) is 16.7. The number of methoxy groups -OCH3 is 1. The molecule has 23 heavy (non-hydrogen) atoms. The molecule has 0 aliphatic carbocycles. The van der Waals surface area contributed by atoms with Crippen molar-refractivity contribution >= 4 is 17.5 Å². The number of amides is 2. The Labute approximate surface area is 135 Å². The van der Waals surface area contributed by atoms with Gasteiger partial charge in [0, 0.05) is 6.54 Å². The van der Waals surface area contributed by atoms with E-state index in [-0.39, 0.29) is 5.92 Å². The van der Waals surface area contributed by atoms with E-state index < -0.39 is 11.8 Å². The van der Waals surface area contributed by atoms with Crippen LogP contribution in [0.4, 0.5) is 5.69 Å². The molecule has 0 unspecified atom stereocenters. The van der Waals surface area contributed by atoms with Gasteiger partial charge in [-0.05, 0) is 23.6 Å².